The lowest BCUT2D eigenvalue weighted by Gasteiger charge is -2.27. The van der Waals surface area contributed by atoms with E-state index in [2.05, 4.69) is 25.9 Å². The van der Waals surface area contributed by atoms with E-state index in [0.717, 1.165) is 47.8 Å². The third-order valence-electron chi connectivity index (χ3n) is 5.10. The Bertz CT molecular complexity index is 979. The first-order valence-electron chi connectivity index (χ1n) is 11.0. The summed E-state index contributed by atoms with van der Waals surface area (Å²) in [4.78, 5) is 32.0. The number of rotatable bonds is 9. The van der Waals surface area contributed by atoms with Gasteiger partial charge >= 0.3 is 0 Å². The van der Waals surface area contributed by atoms with E-state index >= 15 is 0 Å². The number of fused-ring (bicyclic) bond motifs is 1. The van der Waals surface area contributed by atoms with Gasteiger partial charge in [-0.15, -0.1) is 0 Å². The van der Waals surface area contributed by atoms with Crippen molar-refractivity contribution in [2.45, 2.75) is 47.0 Å². The molecule has 1 aliphatic carbocycles. The van der Waals surface area contributed by atoms with Gasteiger partial charge in [0.15, 0.2) is 0 Å². The molecule has 2 aromatic rings. The van der Waals surface area contributed by atoms with Crippen LogP contribution in [0.15, 0.2) is 18.2 Å². The van der Waals surface area contributed by atoms with Gasteiger partial charge in [0.05, 0.1) is 24.6 Å². The number of benzene rings is 1. The summed E-state index contributed by atoms with van der Waals surface area (Å²) in [6.07, 6.45) is 2.37. The lowest BCUT2D eigenvalue weighted by molar-refractivity contribution is -0.115. The maximum Gasteiger partial charge on any atom is 0.231 e. The Morgan fingerprint density at radius 1 is 1.06 bits per heavy atom. The van der Waals surface area contributed by atoms with Gasteiger partial charge in [-0.2, -0.15) is 4.98 Å². The molecule has 9 heteroatoms. The number of aryl methyl sites for hydroxylation is 1. The highest BCUT2D eigenvalue weighted by molar-refractivity contribution is 5.90. The van der Waals surface area contributed by atoms with Gasteiger partial charge in [0.1, 0.15) is 17.3 Å². The molecule has 0 spiro atoms. The van der Waals surface area contributed by atoms with E-state index in [-0.39, 0.29) is 17.8 Å². The standard InChI is InChI=1S/C23H31N5O4/c1-5-31-17-8-10-21(32-6-2)20(12-17)24-13-16-7-9-19-18(11-16)22(25-14(3)29)28-23(27-19)26-15(4)30/h8,10,12,16,24H,5-7,9,11,13H2,1-4H3,(H2,25,26,27,28,29,30). The second kappa shape index (κ2) is 10.8. The maximum atomic E-state index is 11.7. The van der Waals surface area contributed by atoms with Crippen LogP contribution in [0.3, 0.4) is 0 Å². The van der Waals surface area contributed by atoms with E-state index in [1.165, 1.54) is 13.8 Å². The summed E-state index contributed by atoms with van der Waals surface area (Å²) in [5, 5.41) is 8.90. The number of carbonyl (C=O) groups is 2. The molecule has 0 fully saturated rings. The molecule has 172 valence electrons. The van der Waals surface area contributed by atoms with Crippen LogP contribution in [-0.4, -0.2) is 41.5 Å². The lowest BCUT2D eigenvalue weighted by Crippen LogP contribution is -2.26. The van der Waals surface area contributed by atoms with Gasteiger partial charge in [-0.05, 0) is 51.2 Å². The number of hydrogen-bond acceptors (Lipinski definition) is 7. The molecule has 9 nitrogen and oxygen atoms in total. The van der Waals surface area contributed by atoms with E-state index in [1.807, 2.05) is 32.0 Å². The quantitative estimate of drug-likeness (QED) is 0.546. The number of nitrogens with one attached hydrogen (secondary N) is 3. The van der Waals surface area contributed by atoms with Gasteiger partial charge in [0.25, 0.3) is 0 Å². The van der Waals surface area contributed by atoms with E-state index in [1.54, 1.807) is 0 Å². The SMILES string of the molecule is CCOc1ccc(OCC)c(NCC2CCc3nc(NC(C)=O)nc(NC(C)=O)c3C2)c1. The zero-order chi connectivity index (χ0) is 23.1. The maximum absolute atomic E-state index is 11.7. The van der Waals surface area contributed by atoms with E-state index in [9.17, 15) is 9.59 Å². The van der Waals surface area contributed by atoms with E-state index in [4.69, 9.17) is 9.47 Å². The van der Waals surface area contributed by atoms with Crippen LogP contribution in [0.2, 0.25) is 0 Å². The van der Waals surface area contributed by atoms with Crippen molar-refractivity contribution in [3.8, 4) is 11.5 Å². The molecule has 0 aliphatic heterocycles. The Hall–Kier alpha value is -3.36. The lowest BCUT2D eigenvalue weighted by atomic mass is 9.86. The molecule has 1 atom stereocenters. The van der Waals surface area contributed by atoms with Crippen LogP contribution in [0.1, 0.15) is 45.4 Å². The molecular weight excluding hydrogens is 410 g/mol. The van der Waals surface area contributed by atoms with Crippen LogP contribution in [-0.2, 0) is 22.4 Å². The molecular formula is C23H31N5O4. The number of carbonyl (C=O) groups excluding carboxylic acids is 2. The molecule has 1 heterocycles. The number of nitrogens with zero attached hydrogens (tertiary/aromatic N) is 2. The second-order valence-corrected chi connectivity index (χ2v) is 7.70. The monoisotopic (exact) mass is 441 g/mol. The van der Waals surface area contributed by atoms with Crippen molar-refractivity contribution < 1.29 is 19.1 Å². The molecule has 0 radical (unpaired) electrons. The minimum atomic E-state index is -0.254. The first-order valence-corrected chi connectivity index (χ1v) is 11.0. The van der Waals surface area contributed by atoms with Gasteiger partial charge in [-0.1, -0.05) is 0 Å². The molecule has 1 aromatic heterocycles. The van der Waals surface area contributed by atoms with Crippen LogP contribution in [0.25, 0.3) is 0 Å². The largest absolute Gasteiger partial charge is 0.494 e. The fourth-order valence-corrected chi connectivity index (χ4v) is 3.78. The molecule has 0 saturated heterocycles. The summed E-state index contributed by atoms with van der Waals surface area (Å²) in [6, 6.07) is 5.77. The van der Waals surface area contributed by atoms with Gasteiger partial charge in [0, 0.05) is 32.0 Å². The van der Waals surface area contributed by atoms with Crippen molar-refractivity contribution in [3.63, 3.8) is 0 Å². The second-order valence-electron chi connectivity index (χ2n) is 7.70. The average molecular weight is 442 g/mol. The van der Waals surface area contributed by atoms with Crippen LogP contribution < -0.4 is 25.4 Å². The Morgan fingerprint density at radius 2 is 1.81 bits per heavy atom. The topological polar surface area (TPSA) is 114 Å². The number of anilines is 3. The van der Waals surface area contributed by atoms with Gasteiger partial charge < -0.3 is 20.1 Å². The van der Waals surface area contributed by atoms with Crippen molar-refractivity contribution in [2.75, 3.05) is 35.7 Å². The Balaban J connectivity index is 1.77. The van der Waals surface area contributed by atoms with Crippen molar-refractivity contribution in [2.24, 2.45) is 5.92 Å². The minimum Gasteiger partial charge on any atom is -0.494 e. The summed E-state index contributed by atoms with van der Waals surface area (Å²) in [7, 11) is 0. The summed E-state index contributed by atoms with van der Waals surface area (Å²) in [6.45, 7) is 8.65. The van der Waals surface area contributed by atoms with Gasteiger partial charge in [0.2, 0.25) is 17.8 Å². The fourth-order valence-electron chi connectivity index (χ4n) is 3.78. The predicted molar refractivity (Wildman–Crippen MR) is 123 cm³/mol. The molecule has 3 rings (SSSR count). The minimum absolute atomic E-state index is 0.214. The van der Waals surface area contributed by atoms with Crippen molar-refractivity contribution >= 4 is 29.3 Å². The van der Waals surface area contributed by atoms with Crippen molar-refractivity contribution in [1.29, 1.82) is 0 Å². The molecule has 3 N–H and O–H groups in total. The Labute approximate surface area is 188 Å². The van der Waals surface area contributed by atoms with E-state index in [0.29, 0.717) is 31.4 Å². The summed E-state index contributed by atoms with van der Waals surface area (Å²) < 4.78 is 11.4. The third kappa shape index (κ3) is 6.09. The van der Waals surface area contributed by atoms with Crippen LogP contribution in [0, 0.1) is 5.92 Å². The van der Waals surface area contributed by atoms with Crippen LogP contribution in [0.5, 0.6) is 11.5 Å². The first-order chi connectivity index (χ1) is 15.4. The smallest absolute Gasteiger partial charge is 0.231 e. The van der Waals surface area contributed by atoms with Gasteiger partial charge in [-0.25, -0.2) is 4.98 Å². The zero-order valence-electron chi connectivity index (χ0n) is 19.1. The van der Waals surface area contributed by atoms with Crippen molar-refractivity contribution in [3.05, 3.63) is 29.5 Å². The molecule has 0 bridgehead atoms. The number of amides is 2. The first kappa shape index (κ1) is 23.3. The zero-order valence-corrected chi connectivity index (χ0v) is 19.1. The highest BCUT2D eigenvalue weighted by Crippen LogP contribution is 2.33. The van der Waals surface area contributed by atoms with Crippen LogP contribution in [0.4, 0.5) is 17.5 Å². The molecule has 32 heavy (non-hydrogen) atoms. The fraction of sp³-hybridized carbons (Fsp3) is 0.478. The van der Waals surface area contributed by atoms with E-state index < -0.39 is 0 Å². The third-order valence-corrected chi connectivity index (χ3v) is 5.10. The van der Waals surface area contributed by atoms with Crippen LogP contribution >= 0.6 is 0 Å². The summed E-state index contributed by atoms with van der Waals surface area (Å²) in [5.41, 5.74) is 2.67. The average Bonchev–Trinajstić information content (AvgIpc) is 2.73. The van der Waals surface area contributed by atoms with Gasteiger partial charge in [-0.3, -0.25) is 14.9 Å². The summed E-state index contributed by atoms with van der Waals surface area (Å²) >= 11 is 0. The highest BCUT2D eigenvalue weighted by Gasteiger charge is 2.25. The summed E-state index contributed by atoms with van der Waals surface area (Å²) in [5.74, 6) is 2.10. The molecule has 1 unspecified atom stereocenters. The Morgan fingerprint density at radius 3 is 2.50 bits per heavy atom. The highest BCUT2D eigenvalue weighted by atomic mass is 16.5. The molecule has 2 amide bonds. The molecule has 1 aromatic carbocycles. The number of hydrogen-bond donors (Lipinski definition) is 3. The normalized spacial score (nSPS) is 14.8. The Kier molecular flexibility index (Phi) is 7.86. The van der Waals surface area contributed by atoms with Crippen molar-refractivity contribution in [1.82, 2.24) is 9.97 Å². The number of ether oxygens (including phenoxy) is 2. The number of aromatic nitrogens is 2. The molecule has 1 aliphatic rings. The predicted octanol–water partition coefficient (Wildman–Crippen LogP) is 3.41. The molecule has 0 saturated carbocycles.